The lowest BCUT2D eigenvalue weighted by atomic mass is 10.5. The molecule has 5 heteroatoms. The van der Waals surface area contributed by atoms with Gasteiger partial charge in [0.1, 0.15) is 10.9 Å². The molecule has 0 bridgehead atoms. The second kappa shape index (κ2) is 6.48. The summed E-state index contributed by atoms with van der Waals surface area (Å²) in [5, 5.41) is 9.98. The van der Waals surface area contributed by atoms with Crippen LogP contribution in [-0.2, 0) is 0 Å². The number of methoxy groups -OCH3 is 1. The number of aromatic nitrogens is 2. The van der Waals surface area contributed by atoms with Crippen molar-refractivity contribution >= 4 is 11.8 Å². The first-order valence-electron chi connectivity index (χ1n) is 4.34. The zero-order chi connectivity index (χ0) is 11.1. The van der Waals surface area contributed by atoms with Crippen molar-refractivity contribution in [3.63, 3.8) is 0 Å². The Balaban J connectivity index is 0.000000791. The highest BCUT2D eigenvalue weighted by Gasteiger charge is 2.10. The Kier molecular flexibility index (Phi) is 6.03. The zero-order valence-corrected chi connectivity index (χ0v) is 9.97. The smallest absolute Gasteiger partial charge is 0.261 e. The molecule has 0 aromatic carbocycles. The van der Waals surface area contributed by atoms with Crippen molar-refractivity contribution in [2.24, 2.45) is 0 Å². The van der Waals surface area contributed by atoms with Gasteiger partial charge in [-0.15, -0.1) is 11.8 Å². The molecule has 0 fully saturated rings. The second-order valence-electron chi connectivity index (χ2n) is 2.14. The fourth-order valence-corrected chi connectivity index (χ4v) is 1.30. The van der Waals surface area contributed by atoms with Crippen LogP contribution in [0.3, 0.4) is 0 Å². The number of thioether (sulfide) groups is 1. The first-order chi connectivity index (χ1) is 6.69. The van der Waals surface area contributed by atoms with Gasteiger partial charge in [0.05, 0.1) is 7.11 Å². The minimum atomic E-state index is 0.00981. The van der Waals surface area contributed by atoms with Gasteiger partial charge >= 0.3 is 0 Å². The summed E-state index contributed by atoms with van der Waals surface area (Å²) in [6, 6.07) is 0. The van der Waals surface area contributed by atoms with E-state index in [0.29, 0.717) is 10.9 Å². The van der Waals surface area contributed by atoms with Gasteiger partial charge in [0.2, 0.25) is 5.75 Å². The summed E-state index contributed by atoms with van der Waals surface area (Å²) in [6.07, 6.45) is 1.83. The van der Waals surface area contributed by atoms with Gasteiger partial charge in [-0.3, -0.25) is 0 Å². The van der Waals surface area contributed by atoms with Crippen LogP contribution in [0.25, 0.3) is 0 Å². The maximum absolute atomic E-state index is 9.44. The Morgan fingerprint density at radius 2 is 1.86 bits per heavy atom. The number of hydrogen-bond acceptors (Lipinski definition) is 5. The predicted molar refractivity (Wildman–Crippen MR) is 58.1 cm³/mol. The number of rotatable bonds is 2. The number of hydrogen-bond donors (Lipinski definition) is 1. The number of ether oxygens (including phenoxy) is 1. The molecule has 1 N–H and O–H groups in total. The van der Waals surface area contributed by atoms with Crippen LogP contribution >= 0.6 is 11.8 Å². The average Bonchev–Trinajstić information content (AvgIpc) is 2.23. The van der Waals surface area contributed by atoms with Crippen molar-refractivity contribution < 1.29 is 9.84 Å². The molecule has 0 amide bonds. The molecule has 0 aliphatic carbocycles. The van der Waals surface area contributed by atoms with E-state index in [1.165, 1.54) is 18.9 Å². The van der Waals surface area contributed by atoms with E-state index in [2.05, 4.69) is 9.97 Å². The molecule has 0 saturated heterocycles. The summed E-state index contributed by atoms with van der Waals surface area (Å²) >= 11 is 1.36. The maximum Gasteiger partial charge on any atom is 0.261 e. The monoisotopic (exact) mass is 216 g/mol. The number of nitrogens with zero attached hydrogens (tertiary/aromatic N) is 2. The molecular weight excluding hydrogens is 200 g/mol. The summed E-state index contributed by atoms with van der Waals surface area (Å²) in [4.78, 5) is 7.92. The summed E-state index contributed by atoms with van der Waals surface area (Å²) < 4.78 is 4.85. The van der Waals surface area contributed by atoms with Crippen molar-refractivity contribution in [2.75, 3.05) is 13.4 Å². The molecule has 0 atom stereocenters. The minimum Gasteiger partial charge on any atom is -0.501 e. The Morgan fingerprint density at radius 1 is 1.29 bits per heavy atom. The van der Waals surface area contributed by atoms with Crippen LogP contribution in [0.4, 0.5) is 0 Å². The highest BCUT2D eigenvalue weighted by Crippen LogP contribution is 2.31. The molecule has 1 aromatic rings. The molecule has 4 nitrogen and oxygen atoms in total. The molecule has 0 aliphatic heterocycles. The van der Waals surface area contributed by atoms with Gasteiger partial charge < -0.3 is 9.84 Å². The Bertz CT molecular complexity index is 267. The second-order valence-corrected chi connectivity index (χ2v) is 2.93. The Morgan fingerprint density at radius 3 is 2.29 bits per heavy atom. The van der Waals surface area contributed by atoms with Gasteiger partial charge in [0.25, 0.3) is 5.88 Å². The van der Waals surface area contributed by atoms with Crippen LogP contribution in [0.1, 0.15) is 19.7 Å². The first-order valence-corrected chi connectivity index (χ1v) is 5.57. The maximum atomic E-state index is 9.44. The lowest BCUT2D eigenvalue weighted by Crippen LogP contribution is -1.95. The summed E-state index contributed by atoms with van der Waals surface area (Å²) in [5.41, 5.74) is 0. The fraction of sp³-hybridized carbons (Fsp3) is 0.556. The van der Waals surface area contributed by atoms with Gasteiger partial charge in [-0.1, -0.05) is 13.8 Å². The molecule has 1 rings (SSSR count). The molecule has 1 aromatic heterocycles. The lowest BCUT2D eigenvalue weighted by molar-refractivity contribution is 0.347. The third kappa shape index (κ3) is 3.06. The van der Waals surface area contributed by atoms with Crippen molar-refractivity contribution in [1.82, 2.24) is 9.97 Å². The molecule has 80 valence electrons. The van der Waals surface area contributed by atoms with E-state index in [1.807, 2.05) is 20.1 Å². The minimum absolute atomic E-state index is 0.00981. The number of aromatic hydroxyl groups is 1. The van der Waals surface area contributed by atoms with E-state index in [-0.39, 0.29) is 11.6 Å². The predicted octanol–water partition coefficient (Wildman–Crippen LogP) is 2.25. The van der Waals surface area contributed by atoms with Crippen LogP contribution < -0.4 is 4.74 Å². The quantitative estimate of drug-likeness (QED) is 0.607. The molecule has 0 unspecified atom stereocenters. The fourth-order valence-electron chi connectivity index (χ4n) is 0.801. The van der Waals surface area contributed by atoms with Crippen molar-refractivity contribution in [2.45, 2.75) is 25.8 Å². The van der Waals surface area contributed by atoms with E-state index in [1.54, 1.807) is 6.92 Å². The lowest BCUT2D eigenvalue weighted by Gasteiger charge is -2.05. The van der Waals surface area contributed by atoms with Crippen molar-refractivity contribution in [3.8, 4) is 11.6 Å². The van der Waals surface area contributed by atoms with Gasteiger partial charge in [-0.05, 0) is 13.2 Å². The Hall–Kier alpha value is -0.970. The SMILES string of the molecule is CC.COc1nc(C)nc(SC)c1O. The zero-order valence-electron chi connectivity index (χ0n) is 9.16. The third-order valence-corrected chi connectivity index (χ3v) is 1.99. The summed E-state index contributed by atoms with van der Waals surface area (Å²) in [6.45, 7) is 5.75. The molecular formula is C9H16N2O2S. The molecule has 0 aliphatic rings. The van der Waals surface area contributed by atoms with E-state index in [0.717, 1.165) is 0 Å². The van der Waals surface area contributed by atoms with Crippen LogP contribution in [-0.4, -0.2) is 28.4 Å². The van der Waals surface area contributed by atoms with Gasteiger partial charge in [0.15, 0.2) is 0 Å². The molecule has 0 radical (unpaired) electrons. The standard InChI is InChI=1S/C7H10N2O2S.C2H6/c1-4-8-6(11-2)5(10)7(9-4)12-3;1-2/h10H,1-3H3;1-2H3. The van der Waals surface area contributed by atoms with Crippen LogP contribution in [0.15, 0.2) is 5.03 Å². The largest absolute Gasteiger partial charge is 0.501 e. The average molecular weight is 216 g/mol. The van der Waals surface area contributed by atoms with Gasteiger partial charge in [0, 0.05) is 0 Å². The first kappa shape index (κ1) is 13.0. The highest BCUT2D eigenvalue weighted by molar-refractivity contribution is 7.98. The summed E-state index contributed by atoms with van der Waals surface area (Å²) in [5.74, 6) is 0.830. The van der Waals surface area contributed by atoms with Crippen LogP contribution in [0, 0.1) is 6.92 Å². The van der Waals surface area contributed by atoms with E-state index in [9.17, 15) is 5.11 Å². The van der Waals surface area contributed by atoms with Crippen molar-refractivity contribution in [3.05, 3.63) is 5.82 Å². The number of aryl methyl sites for hydroxylation is 1. The topological polar surface area (TPSA) is 55.2 Å². The van der Waals surface area contributed by atoms with Gasteiger partial charge in [-0.2, -0.15) is 4.98 Å². The van der Waals surface area contributed by atoms with Crippen LogP contribution in [0.2, 0.25) is 0 Å². The molecule has 1 heterocycles. The van der Waals surface area contributed by atoms with E-state index < -0.39 is 0 Å². The third-order valence-electron chi connectivity index (χ3n) is 1.32. The van der Waals surface area contributed by atoms with Gasteiger partial charge in [-0.25, -0.2) is 4.98 Å². The van der Waals surface area contributed by atoms with Crippen LogP contribution in [0.5, 0.6) is 11.6 Å². The molecule has 14 heavy (non-hydrogen) atoms. The van der Waals surface area contributed by atoms with E-state index >= 15 is 0 Å². The molecule has 0 spiro atoms. The Labute approximate surface area is 88.7 Å². The summed E-state index contributed by atoms with van der Waals surface area (Å²) in [7, 11) is 1.46. The normalized spacial score (nSPS) is 8.93. The van der Waals surface area contributed by atoms with E-state index in [4.69, 9.17) is 4.74 Å². The highest BCUT2D eigenvalue weighted by atomic mass is 32.2. The molecule has 0 saturated carbocycles. The van der Waals surface area contributed by atoms with Crippen molar-refractivity contribution in [1.29, 1.82) is 0 Å².